The van der Waals surface area contributed by atoms with E-state index in [9.17, 15) is 18.0 Å². The minimum absolute atomic E-state index is 0.0212. The largest absolute Gasteiger partial charge is 0.465 e. The molecule has 0 radical (unpaired) electrons. The van der Waals surface area contributed by atoms with Crippen LogP contribution in [-0.4, -0.2) is 47.1 Å². The first-order chi connectivity index (χ1) is 6.83. The molecule has 0 saturated carbocycles. The summed E-state index contributed by atoms with van der Waals surface area (Å²) >= 11 is 0. The van der Waals surface area contributed by atoms with Crippen LogP contribution in [0.5, 0.6) is 0 Å². The average molecular weight is 227 g/mol. The molecule has 0 aromatic carbocycles. The number of likely N-dealkylation sites (tertiary alicyclic amines) is 1. The normalized spacial score (nSPS) is 27.1. The van der Waals surface area contributed by atoms with Crippen molar-refractivity contribution in [1.29, 1.82) is 0 Å². The van der Waals surface area contributed by atoms with Crippen LogP contribution >= 0.6 is 0 Å². The van der Waals surface area contributed by atoms with Crippen LogP contribution in [0.4, 0.5) is 18.0 Å². The molecule has 7 heteroatoms. The third-order valence-electron chi connectivity index (χ3n) is 2.58. The molecule has 1 fully saturated rings. The Kier molecular flexibility index (Phi) is 3.43. The predicted octanol–water partition coefficient (Wildman–Crippen LogP) is 1.16. The van der Waals surface area contributed by atoms with E-state index in [1.807, 2.05) is 0 Å². The van der Waals surface area contributed by atoms with Crippen molar-refractivity contribution >= 4 is 6.09 Å². The Morgan fingerprint density at radius 3 is 2.27 bits per heavy atom. The minimum atomic E-state index is -4.31. The monoisotopic (exact) mass is 227 g/mol. The van der Waals surface area contributed by atoms with Crippen molar-refractivity contribution < 1.29 is 28.2 Å². The van der Waals surface area contributed by atoms with Gasteiger partial charge in [0.2, 0.25) is 0 Å². The van der Waals surface area contributed by atoms with Gasteiger partial charge in [-0.2, -0.15) is 13.2 Å². The fourth-order valence-electron chi connectivity index (χ4n) is 1.83. The molecular formula is C8H12F3NO3. The first-order valence-corrected chi connectivity index (χ1v) is 4.49. The maximum absolute atomic E-state index is 12.1. The molecule has 0 bridgehead atoms. The zero-order valence-electron chi connectivity index (χ0n) is 7.87. The van der Waals surface area contributed by atoms with E-state index < -0.39 is 37.1 Å². The highest BCUT2D eigenvalue weighted by atomic mass is 19.4. The number of hydrogen-bond donors (Lipinski definition) is 2. The molecule has 1 aliphatic heterocycles. The molecule has 0 aromatic heterocycles. The Labute approximate surface area is 84.3 Å². The number of amides is 1. The number of aliphatic hydroxyl groups is 1. The lowest BCUT2D eigenvalue weighted by atomic mass is 9.93. The quantitative estimate of drug-likeness (QED) is 0.744. The molecule has 0 aliphatic carbocycles. The van der Waals surface area contributed by atoms with E-state index in [2.05, 4.69) is 0 Å². The molecule has 1 rings (SSSR count). The molecule has 88 valence electrons. The van der Waals surface area contributed by atoms with Crippen LogP contribution in [0.3, 0.4) is 0 Å². The zero-order valence-corrected chi connectivity index (χ0v) is 7.87. The van der Waals surface area contributed by atoms with Crippen LogP contribution in [0, 0.1) is 11.8 Å². The van der Waals surface area contributed by atoms with Crippen molar-refractivity contribution in [2.24, 2.45) is 11.8 Å². The molecule has 4 nitrogen and oxygen atoms in total. The van der Waals surface area contributed by atoms with Gasteiger partial charge in [0.25, 0.3) is 0 Å². The molecule has 1 amide bonds. The summed E-state index contributed by atoms with van der Waals surface area (Å²) in [6, 6.07) is 0. The van der Waals surface area contributed by atoms with Crippen LogP contribution in [0.2, 0.25) is 0 Å². The first-order valence-electron chi connectivity index (χ1n) is 4.49. The molecule has 2 unspecified atom stereocenters. The van der Waals surface area contributed by atoms with Crippen molar-refractivity contribution in [3.8, 4) is 0 Å². The van der Waals surface area contributed by atoms with Crippen molar-refractivity contribution in [3.63, 3.8) is 0 Å². The number of rotatable bonds is 2. The molecule has 15 heavy (non-hydrogen) atoms. The van der Waals surface area contributed by atoms with Crippen molar-refractivity contribution in [2.75, 3.05) is 19.7 Å². The summed E-state index contributed by atoms with van der Waals surface area (Å²) in [5, 5.41) is 17.5. The lowest BCUT2D eigenvalue weighted by Gasteiger charge is -2.17. The van der Waals surface area contributed by atoms with Crippen molar-refractivity contribution in [3.05, 3.63) is 0 Å². The lowest BCUT2D eigenvalue weighted by Crippen LogP contribution is -2.27. The smallest absolute Gasteiger partial charge is 0.407 e. The van der Waals surface area contributed by atoms with Gasteiger partial charge < -0.3 is 15.1 Å². The van der Waals surface area contributed by atoms with Gasteiger partial charge in [-0.25, -0.2) is 4.79 Å². The van der Waals surface area contributed by atoms with Crippen LogP contribution in [0.1, 0.15) is 6.42 Å². The highest BCUT2D eigenvalue weighted by Gasteiger charge is 2.41. The van der Waals surface area contributed by atoms with Crippen molar-refractivity contribution in [1.82, 2.24) is 4.90 Å². The summed E-state index contributed by atoms with van der Waals surface area (Å²) in [4.78, 5) is 11.5. The molecule has 2 N–H and O–H groups in total. The third-order valence-corrected chi connectivity index (χ3v) is 2.58. The number of alkyl halides is 3. The van der Waals surface area contributed by atoms with Crippen LogP contribution in [0.15, 0.2) is 0 Å². The highest BCUT2D eigenvalue weighted by Crippen LogP contribution is 2.33. The van der Waals surface area contributed by atoms with Gasteiger partial charge >= 0.3 is 12.3 Å². The van der Waals surface area contributed by atoms with Gasteiger partial charge in [0.15, 0.2) is 0 Å². The maximum atomic E-state index is 12.1. The summed E-state index contributed by atoms with van der Waals surface area (Å²) in [7, 11) is 0. The fraction of sp³-hybridized carbons (Fsp3) is 0.875. The van der Waals surface area contributed by atoms with Gasteiger partial charge in [-0.1, -0.05) is 0 Å². The standard InChI is InChI=1S/C8H12F3NO3/c9-8(10,11)1-5-2-12(7(14)15)3-6(5)4-13/h5-6,13H,1-4H2,(H,14,15). The second-order valence-electron chi connectivity index (χ2n) is 3.71. The van der Waals surface area contributed by atoms with Crippen LogP contribution < -0.4 is 0 Å². The number of carboxylic acid groups (broad SMARTS) is 1. The van der Waals surface area contributed by atoms with Gasteiger partial charge in [0, 0.05) is 32.0 Å². The number of halogens is 3. The SMILES string of the molecule is O=C(O)N1CC(CO)C(CC(F)(F)F)C1. The average Bonchev–Trinajstić information content (AvgIpc) is 2.44. The van der Waals surface area contributed by atoms with Crippen molar-refractivity contribution in [2.45, 2.75) is 12.6 Å². The zero-order chi connectivity index (χ0) is 11.6. The van der Waals surface area contributed by atoms with E-state index >= 15 is 0 Å². The minimum Gasteiger partial charge on any atom is -0.465 e. The summed E-state index contributed by atoms with van der Waals surface area (Å²) in [6.45, 7) is -0.586. The van der Waals surface area contributed by atoms with Gasteiger partial charge in [0.1, 0.15) is 0 Å². The summed E-state index contributed by atoms with van der Waals surface area (Å²) in [5.41, 5.74) is 0. The second-order valence-corrected chi connectivity index (χ2v) is 3.71. The highest BCUT2D eigenvalue weighted by molar-refractivity contribution is 5.65. The molecule has 0 spiro atoms. The van der Waals surface area contributed by atoms with Crippen LogP contribution in [-0.2, 0) is 0 Å². The number of carbonyl (C=O) groups is 1. The Hall–Kier alpha value is -0.980. The van der Waals surface area contributed by atoms with E-state index in [1.54, 1.807) is 0 Å². The molecule has 0 aromatic rings. The van der Waals surface area contributed by atoms with E-state index in [-0.39, 0.29) is 13.1 Å². The van der Waals surface area contributed by atoms with E-state index in [4.69, 9.17) is 10.2 Å². The molecule has 1 saturated heterocycles. The Morgan fingerprint density at radius 1 is 1.33 bits per heavy atom. The molecule has 1 aliphatic rings. The number of hydrogen-bond acceptors (Lipinski definition) is 2. The lowest BCUT2D eigenvalue weighted by molar-refractivity contribution is -0.146. The predicted molar refractivity (Wildman–Crippen MR) is 44.3 cm³/mol. The fourth-order valence-corrected chi connectivity index (χ4v) is 1.83. The molecular weight excluding hydrogens is 215 g/mol. The van der Waals surface area contributed by atoms with E-state index in [0.717, 1.165) is 4.90 Å². The molecule has 1 heterocycles. The number of aliphatic hydroxyl groups excluding tert-OH is 1. The maximum Gasteiger partial charge on any atom is 0.407 e. The van der Waals surface area contributed by atoms with Gasteiger partial charge in [0.05, 0.1) is 0 Å². The van der Waals surface area contributed by atoms with Gasteiger partial charge in [-0.05, 0) is 5.92 Å². The summed E-state index contributed by atoms with van der Waals surface area (Å²) in [5.74, 6) is -1.44. The topological polar surface area (TPSA) is 60.8 Å². The first kappa shape index (κ1) is 12.1. The summed E-state index contributed by atoms with van der Waals surface area (Å²) < 4.78 is 36.3. The molecule has 2 atom stereocenters. The van der Waals surface area contributed by atoms with E-state index in [0.29, 0.717) is 0 Å². The van der Waals surface area contributed by atoms with Crippen LogP contribution in [0.25, 0.3) is 0 Å². The summed E-state index contributed by atoms with van der Waals surface area (Å²) in [6.07, 6.45) is -6.59. The van der Waals surface area contributed by atoms with E-state index in [1.165, 1.54) is 0 Å². The second kappa shape index (κ2) is 4.26. The Bertz CT molecular complexity index is 244. The number of nitrogens with zero attached hydrogens (tertiary/aromatic N) is 1. The Morgan fingerprint density at radius 2 is 1.87 bits per heavy atom. The van der Waals surface area contributed by atoms with Gasteiger partial charge in [-0.15, -0.1) is 0 Å². The van der Waals surface area contributed by atoms with Gasteiger partial charge in [-0.3, -0.25) is 0 Å². The third kappa shape index (κ3) is 3.26. The Balaban J connectivity index is 2.60.